The highest BCUT2D eigenvalue weighted by Gasteiger charge is 2.26. The van der Waals surface area contributed by atoms with E-state index >= 15 is 0 Å². The van der Waals surface area contributed by atoms with Gasteiger partial charge < -0.3 is 9.84 Å². The summed E-state index contributed by atoms with van der Waals surface area (Å²) in [5, 5.41) is 7.78. The minimum atomic E-state index is -0.00548. The Hall–Kier alpha value is -2.70. The highest BCUT2D eigenvalue weighted by Crippen LogP contribution is 2.25. The Labute approximate surface area is 194 Å². The Morgan fingerprint density at radius 2 is 2.03 bits per heavy atom. The molecule has 7 heteroatoms. The summed E-state index contributed by atoms with van der Waals surface area (Å²) >= 11 is 6.23. The lowest BCUT2D eigenvalue weighted by molar-refractivity contribution is -0.126. The molecular weight excluding hydrogens is 424 g/mol. The summed E-state index contributed by atoms with van der Waals surface area (Å²) in [6.45, 7) is 4.95. The zero-order valence-electron chi connectivity index (χ0n) is 18.4. The molecule has 1 fully saturated rings. The molecule has 1 aliphatic rings. The van der Waals surface area contributed by atoms with E-state index in [9.17, 15) is 4.79 Å². The zero-order chi connectivity index (χ0) is 22.3. The van der Waals surface area contributed by atoms with Crippen LogP contribution in [0.2, 0.25) is 5.02 Å². The van der Waals surface area contributed by atoms with Gasteiger partial charge in [0.05, 0.1) is 17.5 Å². The molecule has 0 saturated carbocycles. The zero-order valence-corrected chi connectivity index (χ0v) is 19.1. The molecule has 4 rings (SSSR count). The van der Waals surface area contributed by atoms with Crippen molar-refractivity contribution in [1.82, 2.24) is 20.4 Å². The quantitative estimate of drug-likeness (QED) is 0.503. The van der Waals surface area contributed by atoms with E-state index in [4.69, 9.17) is 16.1 Å². The van der Waals surface area contributed by atoms with Crippen LogP contribution in [-0.2, 0) is 17.8 Å². The second-order valence-corrected chi connectivity index (χ2v) is 8.85. The number of rotatable bonds is 8. The maximum absolute atomic E-state index is 12.7. The average Bonchev–Trinajstić information content (AvgIpc) is 3.26. The van der Waals surface area contributed by atoms with Gasteiger partial charge in [-0.25, -0.2) is 0 Å². The summed E-state index contributed by atoms with van der Waals surface area (Å²) in [6, 6.07) is 16.0. The average molecular weight is 453 g/mol. The molecule has 1 amide bonds. The number of hydrogen-bond acceptors (Lipinski definition) is 5. The number of hydrogen-bond donors (Lipinski definition) is 1. The van der Waals surface area contributed by atoms with Gasteiger partial charge in [0.15, 0.2) is 0 Å². The minimum Gasteiger partial charge on any atom is -0.356 e. The minimum absolute atomic E-state index is 0.00548. The number of halogens is 1. The monoisotopic (exact) mass is 452 g/mol. The first-order chi connectivity index (χ1) is 15.6. The molecule has 1 aliphatic heterocycles. The van der Waals surface area contributed by atoms with Gasteiger partial charge in [0.1, 0.15) is 0 Å². The molecule has 0 spiro atoms. The van der Waals surface area contributed by atoms with E-state index in [0.29, 0.717) is 36.4 Å². The van der Waals surface area contributed by atoms with Gasteiger partial charge in [0.25, 0.3) is 0 Å². The predicted molar refractivity (Wildman–Crippen MR) is 125 cm³/mol. The van der Waals surface area contributed by atoms with Gasteiger partial charge in [-0.3, -0.25) is 9.69 Å². The molecule has 168 valence electrons. The Bertz CT molecular complexity index is 1030. The summed E-state index contributed by atoms with van der Waals surface area (Å²) in [5.74, 6) is 1.17. The third kappa shape index (κ3) is 5.96. The van der Waals surface area contributed by atoms with Crippen molar-refractivity contribution in [3.05, 3.63) is 70.6 Å². The van der Waals surface area contributed by atoms with Gasteiger partial charge in [-0.2, -0.15) is 4.98 Å². The largest absolute Gasteiger partial charge is 0.356 e. The van der Waals surface area contributed by atoms with E-state index in [2.05, 4.69) is 51.5 Å². The van der Waals surface area contributed by atoms with Crippen molar-refractivity contribution in [3.63, 3.8) is 0 Å². The molecule has 0 aliphatic carbocycles. The number of nitrogens with one attached hydrogen (secondary N) is 1. The van der Waals surface area contributed by atoms with Crippen molar-refractivity contribution >= 4 is 17.5 Å². The molecule has 3 aromatic rings. The van der Waals surface area contributed by atoms with Crippen LogP contribution in [0.5, 0.6) is 0 Å². The molecule has 1 atom stereocenters. The molecule has 1 saturated heterocycles. The van der Waals surface area contributed by atoms with Crippen LogP contribution in [-0.4, -0.2) is 40.6 Å². The summed E-state index contributed by atoms with van der Waals surface area (Å²) in [4.78, 5) is 19.4. The Kier molecular flexibility index (Phi) is 7.55. The first kappa shape index (κ1) is 22.5. The molecule has 0 bridgehead atoms. The topological polar surface area (TPSA) is 71.3 Å². The summed E-state index contributed by atoms with van der Waals surface area (Å²) in [7, 11) is 0. The van der Waals surface area contributed by atoms with Gasteiger partial charge in [-0.05, 0) is 56.8 Å². The van der Waals surface area contributed by atoms with E-state index in [-0.39, 0.29) is 11.8 Å². The van der Waals surface area contributed by atoms with Crippen LogP contribution < -0.4 is 5.32 Å². The van der Waals surface area contributed by atoms with E-state index in [0.717, 1.165) is 37.8 Å². The number of likely N-dealkylation sites (tertiary alicyclic amines) is 1. The Morgan fingerprint density at radius 1 is 1.22 bits per heavy atom. The predicted octanol–water partition coefficient (Wildman–Crippen LogP) is 4.66. The molecule has 6 nitrogen and oxygen atoms in total. The fourth-order valence-corrected chi connectivity index (χ4v) is 4.30. The van der Waals surface area contributed by atoms with Crippen molar-refractivity contribution in [2.24, 2.45) is 5.92 Å². The van der Waals surface area contributed by atoms with Crippen molar-refractivity contribution in [3.8, 4) is 11.4 Å². The second kappa shape index (κ2) is 10.7. The Morgan fingerprint density at radius 3 is 2.84 bits per heavy atom. The molecule has 1 N–H and O–H groups in total. The maximum atomic E-state index is 12.7. The number of aromatic nitrogens is 2. The van der Waals surface area contributed by atoms with Crippen LogP contribution in [0.15, 0.2) is 53.1 Å². The highest BCUT2D eigenvalue weighted by molar-refractivity contribution is 6.33. The smallest absolute Gasteiger partial charge is 0.241 e. The number of aryl methyl sites for hydroxylation is 2. The van der Waals surface area contributed by atoms with Gasteiger partial charge in [-0.1, -0.05) is 58.7 Å². The van der Waals surface area contributed by atoms with E-state index < -0.39 is 0 Å². The van der Waals surface area contributed by atoms with Crippen molar-refractivity contribution < 1.29 is 9.32 Å². The van der Waals surface area contributed by atoms with Crippen molar-refractivity contribution in [2.45, 2.75) is 39.2 Å². The van der Waals surface area contributed by atoms with Gasteiger partial charge in [0, 0.05) is 18.7 Å². The molecule has 32 heavy (non-hydrogen) atoms. The first-order valence-electron chi connectivity index (χ1n) is 11.2. The van der Waals surface area contributed by atoms with E-state index in [1.54, 1.807) is 0 Å². The standard InChI is InChI=1S/C25H29ClN4O2/c1-18-10-12-19(13-11-18)6-4-14-27-25(31)20-7-5-15-30(16-20)17-23-28-24(29-32-23)21-8-2-3-9-22(21)26/h2-3,8-13,20H,4-7,14-17H2,1H3,(H,27,31). The number of carbonyl (C=O) groups is 1. The lowest BCUT2D eigenvalue weighted by Gasteiger charge is -2.30. The lowest BCUT2D eigenvalue weighted by Crippen LogP contribution is -2.43. The fraction of sp³-hybridized carbons (Fsp3) is 0.400. The SMILES string of the molecule is Cc1ccc(CCCNC(=O)C2CCCN(Cc3nc(-c4ccccc4Cl)no3)C2)cc1. The molecule has 1 aromatic heterocycles. The lowest BCUT2D eigenvalue weighted by atomic mass is 9.97. The summed E-state index contributed by atoms with van der Waals surface area (Å²) < 4.78 is 5.44. The molecule has 0 radical (unpaired) electrons. The Balaban J connectivity index is 1.24. The van der Waals surface area contributed by atoms with Crippen LogP contribution in [0, 0.1) is 12.8 Å². The van der Waals surface area contributed by atoms with Crippen LogP contribution >= 0.6 is 11.6 Å². The summed E-state index contributed by atoms with van der Waals surface area (Å²) in [5.41, 5.74) is 3.33. The van der Waals surface area contributed by atoms with Crippen molar-refractivity contribution in [1.29, 1.82) is 0 Å². The van der Waals surface area contributed by atoms with Crippen LogP contribution in [0.25, 0.3) is 11.4 Å². The number of piperidine rings is 1. The molecule has 1 unspecified atom stereocenters. The molecule has 2 aromatic carbocycles. The number of nitrogens with zero attached hydrogens (tertiary/aromatic N) is 3. The summed E-state index contributed by atoms with van der Waals surface area (Å²) in [6.07, 6.45) is 3.81. The van der Waals surface area contributed by atoms with Crippen LogP contribution in [0.1, 0.15) is 36.3 Å². The normalized spacial score (nSPS) is 16.8. The van der Waals surface area contributed by atoms with E-state index in [1.165, 1.54) is 11.1 Å². The maximum Gasteiger partial charge on any atom is 0.241 e. The number of benzene rings is 2. The van der Waals surface area contributed by atoms with Crippen LogP contribution in [0.3, 0.4) is 0 Å². The van der Waals surface area contributed by atoms with Gasteiger partial charge >= 0.3 is 0 Å². The number of carbonyl (C=O) groups excluding carboxylic acids is 1. The third-order valence-electron chi connectivity index (χ3n) is 5.88. The van der Waals surface area contributed by atoms with E-state index in [1.807, 2.05) is 24.3 Å². The van der Waals surface area contributed by atoms with Gasteiger partial charge in [0.2, 0.25) is 17.6 Å². The second-order valence-electron chi connectivity index (χ2n) is 8.45. The number of amides is 1. The highest BCUT2D eigenvalue weighted by atomic mass is 35.5. The third-order valence-corrected chi connectivity index (χ3v) is 6.21. The van der Waals surface area contributed by atoms with Crippen LogP contribution in [0.4, 0.5) is 0 Å². The van der Waals surface area contributed by atoms with Gasteiger partial charge in [-0.15, -0.1) is 0 Å². The molecule has 2 heterocycles. The fourth-order valence-electron chi connectivity index (χ4n) is 4.08. The molecular formula is C25H29ClN4O2. The van der Waals surface area contributed by atoms with Crippen molar-refractivity contribution in [2.75, 3.05) is 19.6 Å². The first-order valence-corrected chi connectivity index (χ1v) is 11.6.